The lowest BCUT2D eigenvalue weighted by atomic mass is 9.56. The molecule has 0 radical (unpaired) electrons. The highest BCUT2D eigenvalue weighted by atomic mass is 16.3. The minimum absolute atomic E-state index is 0.00860. The molecule has 2 bridgehead atoms. The molecule has 5 heteroatoms. The van der Waals surface area contributed by atoms with Crippen molar-refractivity contribution < 1.29 is 14.7 Å². The third-order valence-corrected chi connectivity index (χ3v) is 8.63. The number of phenols is 1. The summed E-state index contributed by atoms with van der Waals surface area (Å²) in [6.07, 6.45) is 6.06. The number of carbonyl (C=O) groups excluding carboxylic acids is 2. The van der Waals surface area contributed by atoms with Gasteiger partial charge in [-0.25, -0.2) is 0 Å². The molecule has 5 nitrogen and oxygen atoms in total. The van der Waals surface area contributed by atoms with Gasteiger partial charge in [-0.3, -0.25) is 14.5 Å². The van der Waals surface area contributed by atoms with Crippen LogP contribution in [0.2, 0.25) is 0 Å². The first-order valence-corrected chi connectivity index (χ1v) is 12.8. The highest BCUT2D eigenvalue weighted by Crippen LogP contribution is 2.52. The summed E-state index contributed by atoms with van der Waals surface area (Å²) in [5.41, 5.74) is 4.21. The Labute approximate surface area is 202 Å². The number of ketones is 1. The van der Waals surface area contributed by atoms with E-state index < -0.39 is 0 Å². The van der Waals surface area contributed by atoms with E-state index in [1.54, 1.807) is 19.1 Å². The third kappa shape index (κ3) is 4.50. The van der Waals surface area contributed by atoms with E-state index in [9.17, 15) is 14.7 Å². The number of aromatic hydroxyl groups is 1. The molecule has 2 fully saturated rings. The molecule has 1 amide bonds. The van der Waals surface area contributed by atoms with Crippen molar-refractivity contribution in [1.82, 2.24) is 10.2 Å². The number of rotatable bonds is 8. The predicted octanol–water partition coefficient (Wildman–Crippen LogP) is 4.26. The SMILES string of the molecule is CC(=O)c1ccc(CC(=O)NCC[C@@]23CCN(CC4CC4)[C@H](Cc4ccc(O)cc42)[C@@H]3C)cc1. The van der Waals surface area contributed by atoms with E-state index in [0.29, 0.717) is 36.2 Å². The number of fused-ring (bicyclic) bond motifs is 4. The van der Waals surface area contributed by atoms with Crippen molar-refractivity contribution in [1.29, 1.82) is 0 Å². The van der Waals surface area contributed by atoms with Crippen LogP contribution in [-0.4, -0.2) is 47.4 Å². The van der Waals surface area contributed by atoms with Crippen molar-refractivity contribution >= 4 is 11.7 Å². The Morgan fingerprint density at radius 1 is 1.15 bits per heavy atom. The van der Waals surface area contributed by atoms with Crippen LogP contribution < -0.4 is 5.32 Å². The molecule has 2 aliphatic carbocycles. The predicted molar refractivity (Wildman–Crippen MR) is 133 cm³/mol. The maximum absolute atomic E-state index is 12.7. The summed E-state index contributed by atoms with van der Waals surface area (Å²) in [6, 6.07) is 13.7. The smallest absolute Gasteiger partial charge is 0.224 e. The summed E-state index contributed by atoms with van der Waals surface area (Å²) in [7, 11) is 0. The number of nitrogens with one attached hydrogen (secondary N) is 1. The van der Waals surface area contributed by atoms with Crippen LogP contribution in [-0.2, 0) is 23.1 Å². The van der Waals surface area contributed by atoms with Crippen LogP contribution in [0.1, 0.15) is 66.6 Å². The highest BCUT2D eigenvalue weighted by molar-refractivity contribution is 5.94. The van der Waals surface area contributed by atoms with Crippen LogP contribution in [0, 0.1) is 11.8 Å². The zero-order valence-corrected chi connectivity index (χ0v) is 20.3. The fourth-order valence-corrected chi connectivity index (χ4v) is 6.41. The Morgan fingerprint density at radius 3 is 2.62 bits per heavy atom. The number of phenolic OH excluding ortho intramolecular Hbond substituents is 1. The van der Waals surface area contributed by atoms with E-state index >= 15 is 0 Å². The lowest BCUT2D eigenvalue weighted by molar-refractivity contribution is -0.120. The molecule has 1 saturated heterocycles. The Hall–Kier alpha value is -2.66. The number of piperidine rings is 1. The minimum atomic E-state index is -0.0204. The number of hydrogen-bond donors (Lipinski definition) is 2. The van der Waals surface area contributed by atoms with Gasteiger partial charge in [0.15, 0.2) is 5.78 Å². The first-order valence-electron chi connectivity index (χ1n) is 12.8. The molecular formula is C29H36N2O3. The van der Waals surface area contributed by atoms with E-state index in [1.165, 1.54) is 30.5 Å². The second-order valence-corrected chi connectivity index (χ2v) is 10.8. The van der Waals surface area contributed by atoms with Crippen LogP contribution in [0.15, 0.2) is 42.5 Å². The first kappa shape index (κ1) is 23.1. The number of hydrogen-bond acceptors (Lipinski definition) is 4. The average molecular weight is 461 g/mol. The molecule has 0 unspecified atom stereocenters. The van der Waals surface area contributed by atoms with Crippen LogP contribution in [0.3, 0.4) is 0 Å². The molecule has 1 saturated carbocycles. The van der Waals surface area contributed by atoms with Gasteiger partial charge >= 0.3 is 0 Å². The second-order valence-electron chi connectivity index (χ2n) is 10.8. The topological polar surface area (TPSA) is 69.6 Å². The number of benzene rings is 2. The van der Waals surface area contributed by atoms with Gasteiger partial charge in [0.25, 0.3) is 0 Å². The van der Waals surface area contributed by atoms with Gasteiger partial charge in [-0.15, -0.1) is 0 Å². The molecule has 2 aromatic carbocycles. The van der Waals surface area contributed by atoms with Gasteiger partial charge in [0.05, 0.1) is 6.42 Å². The molecule has 2 aromatic rings. The number of carbonyl (C=O) groups is 2. The van der Waals surface area contributed by atoms with Gasteiger partial charge in [-0.05, 0) is 86.2 Å². The van der Waals surface area contributed by atoms with Crippen LogP contribution in [0.4, 0.5) is 0 Å². The molecule has 2 N–H and O–H groups in total. The summed E-state index contributed by atoms with van der Waals surface area (Å²) >= 11 is 0. The van der Waals surface area contributed by atoms with Gasteiger partial charge in [-0.2, -0.15) is 0 Å². The molecule has 0 aromatic heterocycles. The molecule has 1 heterocycles. The van der Waals surface area contributed by atoms with Gasteiger partial charge in [0, 0.05) is 30.1 Å². The summed E-state index contributed by atoms with van der Waals surface area (Å²) in [5.74, 6) is 1.73. The molecular weight excluding hydrogens is 424 g/mol. The minimum Gasteiger partial charge on any atom is -0.508 e. The molecule has 180 valence electrons. The van der Waals surface area contributed by atoms with E-state index in [1.807, 2.05) is 24.3 Å². The van der Waals surface area contributed by atoms with Gasteiger partial charge in [0.2, 0.25) is 5.91 Å². The zero-order chi connectivity index (χ0) is 23.9. The largest absolute Gasteiger partial charge is 0.508 e. The summed E-state index contributed by atoms with van der Waals surface area (Å²) in [6.45, 7) is 6.87. The maximum Gasteiger partial charge on any atom is 0.224 e. The van der Waals surface area contributed by atoms with E-state index in [4.69, 9.17) is 0 Å². The van der Waals surface area contributed by atoms with Crippen molar-refractivity contribution in [3.05, 3.63) is 64.7 Å². The number of Topliss-reactive ketones (excluding diaryl/α,β-unsaturated/α-hetero) is 1. The molecule has 3 aliphatic rings. The van der Waals surface area contributed by atoms with Gasteiger partial charge < -0.3 is 10.4 Å². The van der Waals surface area contributed by atoms with Crippen molar-refractivity contribution in [3.8, 4) is 5.75 Å². The van der Waals surface area contributed by atoms with Crippen LogP contribution in [0.5, 0.6) is 5.75 Å². The molecule has 0 spiro atoms. The molecule has 34 heavy (non-hydrogen) atoms. The Kier molecular flexibility index (Phi) is 6.24. The standard InChI is InChI=1S/C29H36N2O3/c1-19-27-16-24-9-10-25(33)17-26(24)29(19,12-14-31(27)18-22-3-4-22)11-13-30-28(34)15-21-5-7-23(8-6-21)20(2)32/h5-10,17,19,22,27,33H,3-4,11-16,18H2,1-2H3,(H,30,34)/t19-,27+,29-/m0/s1. The highest BCUT2D eigenvalue weighted by Gasteiger charge is 2.51. The van der Waals surface area contributed by atoms with E-state index in [-0.39, 0.29) is 17.1 Å². The summed E-state index contributed by atoms with van der Waals surface area (Å²) in [5, 5.41) is 13.4. The molecule has 3 atom stereocenters. The zero-order valence-electron chi connectivity index (χ0n) is 20.3. The van der Waals surface area contributed by atoms with Crippen molar-refractivity contribution in [3.63, 3.8) is 0 Å². The lowest BCUT2D eigenvalue weighted by Gasteiger charge is -2.56. The average Bonchev–Trinajstić information content (AvgIpc) is 3.62. The van der Waals surface area contributed by atoms with Crippen molar-refractivity contribution in [2.75, 3.05) is 19.6 Å². The van der Waals surface area contributed by atoms with Crippen molar-refractivity contribution in [2.24, 2.45) is 11.8 Å². The molecule has 1 aliphatic heterocycles. The number of amides is 1. The maximum atomic E-state index is 12.7. The Balaban J connectivity index is 1.28. The Bertz CT molecular complexity index is 1080. The normalized spacial score (nSPS) is 26.1. The van der Waals surface area contributed by atoms with E-state index in [0.717, 1.165) is 37.3 Å². The Morgan fingerprint density at radius 2 is 1.91 bits per heavy atom. The van der Waals surface area contributed by atoms with Crippen LogP contribution >= 0.6 is 0 Å². The number of likely N-dealkylation sites (tertiary alicyclic amines) is 1. The fraction of sp³-hybridized carbons (Fsp3) is 0.517. The lowest BCUT2D eigenvalue weighted by Crippen LogP contribution is -2.60. The summed E-state index contributed by atoms with van der Waals surface area (Å²) < 4.78 is 0. The molecule has 5 rings (SSSR count). The first-order chi connectivity index (χ1) is 16.4. The van der Waals surface area contributed by atoms with Crippen molar-refractivity contribution in [2.45, 2.75) is 63.8 Å². The second kappa shape index (κ2) is 9.18. The monoisotopic (exact) mass is 460 g/mol. The summed E-state index contributed by atoms with van der Waals surface area (Å²) in [4.78, 5) is 26.9. The van der Waals surface area contributed by atoms with Crippen LogP contribution in [0.25, 0.3) is 0 Å². The van der Waals surface area contributed by atoms with Gasteiger partial charge in [-0.1, -0.05) is 37.3 Å². The fourth-order valence-electron chi connectivity index (χ4n) is 6.41. The van der Waals surface area contributed by atoms with Gasteiger partial charge in [0.1, 0.15) is 5.75 Å². The number of nitrogens with zero attached hydrogens (tertiary/aromatic N) is 1. The quantitative estimate of drug-likeness (QED) is 0.578. The van der Waals surface area contributed by atoms with E-state index in [2.05, 4.69) is 23.2 Å². The third-order valence-electron chi connectivity index (χ3n) is 8.63.